The highest BCUT2D eigenvalue weighted by atomic mass is 16.5. The molecule has 0 aliphatic heterocycles. The monoisotopic (exact) mass is 337 g/mol. The third kappa shape index (κ3) is 4.18. The van der Waals surface area contributed by atoms with Crippen molar-refractivity contribution in [1.82, 2.24) is 14.5 Å². The molecule has 0 unspecified atom stereocenters. The zero-order valence-electron chi connectivity index (χ0n) is 14.7. The minimum atomic E-state index is 0.0333. The Morgan fingerprint density at radius 2 is 1.84 bits per heavy atom. The third-order valence-electron chi connectivity index (χ3n) is 4.19. The number of benzene rings is 2. The van der Waals surface area contributed by atoms with Crippen LogP contribution in [0.5, 0.6) is 5.75 Å². The number of rotatable bonds is 7. The Labute approximate surface area is 147 Å². The first-order chi connectivity index (χ1) is 12.1. The van der Waals surface area contributed by atoms with Crippen molar-refractivity contribution in [1.29, 1.82) is 0 Å². The minimum Gasteiger partial charge on any atom is -0.494 e. The summed E-state index contributed by atoms with van der Waals surface area (Å²) in [5, 5.41) is 0. The van der Waals surface area contributed by atoms with Crippen molar-refractivity contribution in [3.05, 3.63) is 60.4 Å². The molecule has 0 atom stereocenters. The van der Waals surface area contributed by atoms with Crippen LogP contribution >= 0.6 is 0 Å². The first kappa shape index (κ1) is 17.0. The van der Waals surface area contributed by atoms with Gasteiger partial charge in [-0.25, -0.2) is 4.98 Å². The average Bonchev–Trinajstić information content (AvgIpc) is 2.97. The molecule has 5 heteroatoms. The number of imidazole rings is 1. The van der Waals surface area contributed by atoms with Gasteiger partial charge in [-0.15, -0.1) is 0 Å². The normalized spacial score (nSPS) is 10.8. The summed E-state index contributed by atoms with van der Waals surface area (Å²) in [6.45, 7) is 3.51. The molecule has 0 saturated carbocycles. The SMILES string of the molecule is CC(=O)N(C)Cc1nc2ccccc2n1CCCOc1ccccc1. The van der Waals surface area contributed by atoms with E-state index in [4.69, 9.17) is 9.72 Å². The lowest BCUT2D eigenvalue weighted by atomic mass is 10.3. The van der Waals surface area contributed by atoms with E-state index in [-0.39, 0.29) is 5.91 Å². The second-order valence-corrected chi connectivity index (χ2v) is 6.06. The van der Waals surface area contributed by atoms with E-state index < -0.39 is 0 Å². The maximum atomic E-state index is 11.6. The number of aryl methyl sites for hydroxylation is 1. The van der Waals surface area contributed by atoms with Gasteiger partial charge >= 0.3 is 0 Å². The summed E-state index contributed by atoms with van der Waals surface area (Å²) in [6, 6.07) is 17.9. The molecule has 25 heavy (non-hydrogen) atoms. The van der Waals surface area contributed by atoms with Gasteiger partial charge < -0.3 is 14.2 Å². The number of para-hydroxylation sites is 3. The van der Waals surface area contributed by atoms with Crippen LogP contribution in [-0.4, -0.2) is 34.0 Å². The summed E-state index contributed by atoms with van der Waals surface area (Å²) < 4.78 is 7.96. The zero-order chi connectivity index (χ0) is 17.6. The van der Waals surface area contributed by atoms with Gasteiger partial charge in [0.2, 0.25) is 5.91 Å². The maximum Gasteiger partial charge on any atom is 0.219 e. The smallest absolute Gasteiger partial charge is 0.219 e. The molecule has 0 fully saturated rings. The summed E-state index contributed by atoms with van der Waals surface area (Å²) in [4.78, 5) is 17.9. The summed E-state index contributed by atoms with van der Waals surface area (Å²) in [5.41, 5.74) is 2.05. The molecule has 0 aliphatic carbocycles. The van der Waals surface area contributed by atoms with Crippen molar-refractivity contribution in [3.8, 4) is 5.75 Å². The lowest BCUT2D eigenvalue weighted by molar-refractivity contribution is -0.128. The van der Waals surface area contributed by atoms with Gasteiger partial charge in [-0.1, -0.05) is 30.3 Å². The summed E-state index contributed by atoms with van der Waals surface area (Å²) in [6.07, 6.45) is 0.867. The largest absolute Gasteiger partial charge is 0.494 e. The molecule has 0 aliphatic rings. The molecular weight excluding hydrogens is 314 g/mol. The minimum absolute atomic E-state index is 0.0333. The highest BCUT2D eigenvalue weighted by Crippen LogP contribution is 2.18. The highest BCUT2D eigenvalue weighted by Gasteiger charge is 2.13. The number of aromatic nitrogens is 2. The Hall–Kier alpha value is -2.82. The quantitative estimate of drug-likeness (QED) is 0.620. The molecule has 1 aromatic heterocycles. The molecule has 5 nitrogen and oxygen atoms in total. The average molecular weight is 337 g/mol. The standard InChI is InChI=1S/C20H23N3O2/c1-16(24)22(2)15-20-21-18-11-6-7-12-19(18)23(20)13-8-14-25-17-9-4-3-5-10-17/h3-7,9-12H,8,13-15H2,1-2H3. The van der Waals surface area contributed by atoms with Crippen LogP contribution in [0.4, 0.5) is 0 Å². The van der Waals surface area contributed by atoms with Gasteiger partial charge in [-0.05, 0) is 30.7 Å². The molecular formula is C20H23N3O2. The summed E-state index contributed by atoms with van der Waals surface area (Å²) >= 11 is 0. The number of carbonyl (C=O) groups is 1. The Kier molecular flexibility index (Phi) is 5.33. The molecule has 3 rings (SSSR count). The van der Waals surface area contributed by atoms with Gasteiger partial charge in [0.25, 0.3) is 0 Å². The lowest BCUT2D eigenvalue weighted by Gasteiger charge is -2.16. The molecule has 0 radical (unpaired) electrons. The number of hydrogen-bond acceptors (Lipinski definition) is 3. The first-order valence-electron chi connectivity index (χ1n) is 8.49. The van der Waals surface area contributed by atoms with Gasteiger partial charge in [0.1, 0.15) is 11.6 Å². The molecule has 1 heterocycles. The Bertz CT molecular complexity index is 843. The molecule has 130 valence electrons. The van der Waals surface area contributed by atoms with Crippen LogP contribution in [-0.2, 0) is 17.9 Å². The van der Waals surface area contributed by atoms with E-state index in [2.05, 4.69) is 10.6 Å². The van der Waals surface area contributed by atoms with Crippen LogP contribution in [0.2, 0.25) is 0 Å². The Morgan fingerprint density at radius 1 is 1.12 bits per heavy atom. The topological polar surface area (TPSA) is 47.4 Å². The van der Waals surface area contributed by atoms with Gasteiger partial charge in [0.15, 0.2) is 0 Å². The number of nitrogens with zero attached hydrogens (tertiary/aromatic N) is 3. The second kappa shape index (κ2) is 7.83. The summed E-state index contributed by atoms with van der Waals surface area (Å²) in [7, 11) is 1.80. The molecule has 2 aromatic carbocycles. The Morgan fingerprint density at radius 3 is 2.60 bits per heavy atom. The fourth-order valence-corrected chi connectivity index (χ4v) is 2.75. The number of amides is 1. The summed E-state index contributed by atoms with van der Waals surface area (Å²) in [5.74, 6) is 1.82. The van der Waals surface area contributed by atoms with E-state index in [1.54, 1.807) is 18.9 Å². The predicted molar refractivity (Wildman–Crippen MR) is 98.4 cm³/mol. The van der Waals surface area contributed by atoms with Crippen LogP contribution < -0.4 is 4.74 Å². The van der Waals surface area contributed by atoms with Crippen molar-refractivity contribution in [2.24, 2.45) is 0 Å². The Balaban J connectivity index is 1.71. The zero-order valence-corrected chi connectivity index (χ0v) is 14.7. The van der Waals surface area contributed by atoms with Crippen molar-refractivity contribution >= 4 is 16.9 Å². The van der Waals surface area contributed by atoms with Crippen molar-refractivity contribution in [3.63, 3.8) is 0 Å². The predicted octanol–water partition coefficient (Wildman–Crippen LogP) is 3.48. The fraction of sp³-hybridized carbons (Fsp3) is 0.300. The van der Waals surface area contributed by atoms with E-state index in [1.807, 2.05) is 48.5 Å². The molecule has 1 amide bonds. The van der Waals surface area contributed by atoms with Crippen LogP contribution in [0, 0.1) is 0 Å². The van der Waals surface area contributed by atoms with Crippen LogP contribution in [0.1, 0.15) is 19.2 Å². The van der Waals surface area contributed by atoms with E-state index in [9.17, 15) is 4.79 Å². The number of carbonyl (C=O) groups excluding carboxylic acids is 1. The van der Waals surface area contributed by atoms with E-state index in [0.29, 0.717) is 13.2 Å². The number of fused-ring (bicyclic) bond motifs is 1. The van der Waals surface area contributed by atoms with Gasteiger partial charge in [0, 0.05) is 20.5 Å². The van der Waals surface area contributed by atoms with Gasteiger partial charge in [-0.3, -0.25) is 4.79 Å². The van der Waals surface area contributed by atoms with Crippen molar-refractivity contribution in [2.75, 3.05) is 13.7 Å². The highest BCUT2D eigenvalue weighted by molar-refractivity contribution is 5.76. The third-order valence-corrected chi connectivity index (χ3v) is 4.19. The van der Waals surface area contributed by atoms with E-state index >= 15 is 0 Å². The fourth-order valence-electron chi connectivity index (χ4n) is 2.75. The number of hydrogen-bond donors (Lipinski definition) is 0. The van der Waals surface area contributed by atoms with E-state index in [0.717, 1.165) is 35.6 Å². The molecule has 0 saturated heterocycles. The van der Waals surface area contributed by atoms with Crippen molar-refractivity contribution in [2.45, 2.75) is 26.4 Å². The lowest BCUT2D eigenvalue weighted by Crippen LogP contribution is -2.25. The maximum absolute atomic E-state index is 11.6. The van der Waals surface area contributed by atoms with Gasteiger partial charge in [0.05, 0.1) is 24.2 Å². The first-order valence-corrected chi connectivity index (χ1v) is 8.49. The molecule has 0 bridgehead atoms. The molecule has 0 spiro atoms. The second-order valence-electron chi connectivity index (χ2n) is 6.06. The molecule has 0 N–H and O–H groups in total. The van der Waals surface area contributed by atoms with Crippen LogP contribution in [0.25, 0.3) is 11.0 Å². The van der Waals surface area contributed by atoms with Gasteiger partial charge in [-0.2, -0.15) is 0 Å². The van der Waals surface area contributed by atoms with Crippen LogP contribution in [0.15, 0.2) is 54.6 Å². The number of ether oxygens (including phenoxy) is 1. The van der Waals surface area contributed by atoms with Crippen LogP contribution in [0.3, 0.4) is 0 Å². The van der Waals surface area contributed by atoms with Crippen molar-refractivity contribution < 1.29 is 9.53 Å². The molecule has 3 aromatic rings. The van der Waals surface area contributed by atoms with E-state index in [1.165, 1.54) is 0 Å².